The highest BCUT2D eigenvalue weighted by atomic mass is 16.6. The van der Waals surface area contributed by atoms with Crippen molar-refractivity contribution in [2.24, 2.45) is 5.41 Å². The van der Waals surface area contributed by atoms with Gasteiger partial charge in [-0.1, -0.05) is 16.7 Å². The normalized spacial score (nSPS) is 27.6. The fraction of sp³-hybridized carbons (Fsp3) is 0.786. The van der Waals surface area contributed by atoms with E-state index in [9.17, 15) is 4.79 Å². The van der Waals surface area contributed by atoms with Crippen molar-refractivity contribution in [3.05, 3.63) is 11.4 Å². The number of ether oxygens (including phenoxy) is 1. The Morgan fingerprint density at radius 2 is 2.33 bits per heavy atom. The van der Waals surface area contributed by atoms with E-state index in [0.717, 1.165) is 32.4 Å². The number of nitrogens with one attached hydrogen (secondary N) is 1. The highest BCUT2D eigenvalue weighted by Gasteiger charge is 2.48. The third-order valence-corrected chi connectivity index (χ3v) is 4.80. The Labute approximate surface area is 124 Å². The van der Waals surface area contributed by atoms with Gasteiger partial charge in [0, 0.05) is 25.6 Å². The van der Waals surface area contributed by atoms with Gasteiger partial charge < -0.3 is 15.0 Å². The summed E-state index contributed by atoms with van der Waals surface area (Å²) in [6, 6.07) is -0.0932. The molecule has 2 atom stereocenters. The van der Waals surface area contributed by atoms with Crippen molar-refractivity contribution < 1.29 is 14.2 Å². The number of hydrogen-bond acceptors (Lipinski definition) is 5. The Bertz CT molecular complexity index is 506. The quantitative estimate of drug-likeness (QED) is 0.909. The molecular formula is C14H22N4O3. The topological polar surface area (TPSA) is 80.5 Å². The summed E-state index contributed by atoms with van der Waals surface area (Å²) >= 11 is 0. The molecule has 3 rings (SSSR count). The van der Waals surface area contributed by atoms with E-state index in [0.29, 0.717) is 24.0 Å². The van der Waals surface area contributed by atoms with Crippen LogP contribution in [0.5, 0.6) is 0 Å². The van der Waals surface area contributed by atoms with E-state index in [1.807, 2.05) is 7.05 Å². The van der Waals surface area contributed by atoms with Crippen molar-refractivity contribution in [1.29, 1.82) is 0 Å². The summed E-state index contributed by atoms with van der Waals surface area (Å²) in [5.41, 5.74) is 1.53. The van der Waals surface area contributed by atoms with E-state index in [-0.39, 0.29) is 11.4 Å². The molecule has 0 radical (unpaired) electrons. The van der Waals surface area contributed by atoms with Gasteiger partial charge in [0.1, 0.15) is 11.4 Å². The van der Waals surface area contributed by atoms with E-state index < -0.39 is 0 Å². The Hall–Kier alpha value is -1.63. The molecule has 1 aliphatic carbocycles. The van der Waals surface area contributed by atoms with Gasteiger partial charge in [-0.3, -0.25) is 0 Å². The van der Waals surface area contributed by atoms with Gasteiger partial charge in [-0.15, -0.1) is 0 Å². The van der Waals surface area contributed by atoms with Gasteiger partial charge in [0.25, 0.3) is 0 Å². The maximum atomic E-state index is 12.2. The lowest BCUT2D eigenvalue weighted by molar-refractivity contribution is 0.0585. The van der Waals surface area contributed by atoms with Crippen LogP contribution in [0.2, 0.25) is 0 Å². The SMILES string of the molecule is Cc1nonc1CNC(=O)N(C)C[C@]12CCC[C@H]1OCC2. The second-order valence-corrected chi connectivity index (χ2v) is 6.18. The predicted octanol–water partition coefficient (Wildman–Crippen LogP) is 1.48. The molecule has 1 saturated heterocycles. The number of carbonyl (C=O) groups excluding carboxylic acids is 1. The van der Waals surface area contributed by atoms with Crippen LogP contribution in [0.4, 0.5) is 4.79 Å². The minimum absolute atomic E-state index is 0.0932. The third-order valence-electron chi connectivity index (χ3n) is 4.80. The molecule has 1 aliphatic heterocycles. The van der Waals surface area contributed by atoms with Crippen LogP contribution in [0.15, 0.2) is 4.63 Å². The number of amides is 2. The van der Waals surface area contributed by atoms with Gasteiger partial charge >= 0.3 is 6.03 Å². The monoisotopic (exact) mass is 294 g/mol. The molecule has 21 heavy (non-hydrogen) atoms. The first kappa shape index (κ1) is 14.3. The molecule has 2 fully saturated rings. The zero-order valence-corrected chi connectivity index (χ0v) is 12.6. The first-order valence-electron chi connectivity index (χ1n) is 7.49. The molecule has 1 aromatic rings. The number of aryl methyl sites for hydroxylation is 1. The summed E-state index contributed by atoms with van der Waals surface area (Å²) in [4.78, 5) is 14.0. The number of fused-ring (bicyclic) bond motifs is 1. The predicted molar refractivity (Wildman–Crippen MR) is 74.5 cm³/mol. The van der Waals surface area contributed by atoms with Crippen molar-refractivity contribution in [3.8, 4) is 0 Å². The molecule has 2 amide bonds. The van der Waals surface area contributed by atoms with E-state index in [4.69, 9.17) is 4.74 Å². The maximum absolute atomic E-state index is 12.2. The molecule has 7 nitrogen and oxygen atoms in total. The molecule has 2 aliphatic rings. The van der Waals surface area contributed by atoms with Crippen LogP contribution in [-0.2, 0) is 11.3 Å². The molecule has 0 unspecified atom stereocenters. The lowest BCUT2D eigenvalue weighted by Gasteiger charge is -2.32. The Morgan fingerprint density at radius 1 is 1.48 bits per heavy atom. The zero-order valence-electron chi connectivity index (χ0n) is 12.6. The number of urea groups is 1. The van der Waals surface area contributed by atoms with Gasteiger partial charge in [0.05, 0.1) is 12.6 Å². The van der Waals surface area contributed by atoms with Crippen molar-refractivity contribution in [2.45, 2.75) is 45.3 Å². The van der Waals surface area contributed by atoms with Gasteiger partial charge in [-0.25, -0.2) is 9.42 Å². The second-order valence-electron chi connectivity index (χ2n) is 6.18. The summed E-state index contributed by atoms with van der Waals surface area (Å²) in [6.45, 7) is 3.72. The lowest BCUT2D eigenvalue weighted by Crippen LogP contribution is -2.45. The number of rotatable bonds is 4. The van der Waals surface area contributed by atoms with Crippen LogP contribution in [0.25, 0.3) is 0 Å². The van der Waals surface area contributed by atoms with E-state index in [1.165, 1.54) is 6.42 Å². The highest BCUT2D eigenvalue weighted by molar-refractivity contribution is 5.73. The fourth-order valence-corrected chi connectivity index (χ4v) is 3.57. The Kier molecular flexibility index (Phi) is 3.84. The summed E-state index contributed by atoms with van der Waals surface area (Å²) in [5, 5.41) is 10.3. The molecule has 0 aromatic carbocycles. The average molecular weight is 294 g/mol. The molecule has 0 spiro atoms. The second kappa shape index (κ2) is 5.63. The standard InChI is InChI=1S/C14H22N4O3/c1-10-11(17-21-16-10)8-15-13(19)18(2)9-14-5-3-4-12(14)20-7-6-14/h12H,3-9H2,1-2H3,(H,15,19)/t12-,14-/m1/s1. The van der Waals surface area contributed by atoms with Gasteiger partial charge in [0.2, 0.25) is 0 Å². The van der Waals surface area contributed by atoms with Crippen molar-refractivity contribution in [1.82, 2.24) is 20.5 Å². The number of aromatic nitrogens is 2. The van der Waals surface area contributed by atoms with Crippen molar-refractivity contribution >= 4 is 6.03 Å². The average Bonchev–Trinajstić information content (AvgIpc) is 3.11. The molecule has 7 heteroatoms. The summed E-state index contributed by atoms with van der Waals surface area (Å²) < 4.78 is 10.4. The highest BCUT2D eigenvalue weighted by Crippen LogP contribution is 2.47. The zero-order chi connectivity index (χ0) is 14.9. The molecule has 0 bridgehead atoms. The largest absolute Gasteiger partial charge is 0.378 e. The molecule has 1 aromatic heterocycles. The Morgan fingerprint density at radius 3 is 3.10 bits per heavy atom. The van der Waals surface area contributed by atoms with Gasteiger partial charge in [0.15, 0.2) is 0 Å². The van der Waals surface area contributed by atoms with Gasteiger partial charge in [-0.2, -0.15) is 0 Å². The fourth-order valence-electron chi connectivity index (χ4n) is 3.57. The smallest absolute Gasteiger partial charge is 0.317 e. The van der Waals surface area contributed by atoms with Crippen molar-refractivity contribution in [2.75, 3.05) is 20.2 Å². The lowest BCUT2D eigenvalue weighted by atomic mass is 9.82. The summed E-state index contributed by atoms with van der Waals surface area (Å²) in [5.74, 6) is 0. The number of carbonyl (C=O) groups is 1. The third kappa shape index (κ3) is 2.74. The van der Waals surface area contributed by atoms with Crippen LogP contribution in [0, 0.1) is 12.3 Å². The first-order chi connectivity index (χ1) is 10.1. The van der Waals surface area contributed by atoms with Crippen LogP contribution in [-0.4, -0.2) is 47.5 Å². The van der Waals surface area contributed by atoms with Crippen LogP contribution in [0.1, 0.15) is 37.1 Å². The van der Waals surface area contributed by atoms with E-state index >= 15 is 0 Å². The minimum Gasteiger partial charge on any atom is -0.378 e. The molecule has 116 valence electrons. The summed E-state index contributed by atoms with van der Waals surface area (Å²) in [7, 11) is 1.84. The van der Waals surface area contributed by atoms with Crippen LogP contribution >= 0.6 is 0 Å². The Balaban J connectivity index is 1.54. The molecular weight excluding hydrogens is 272 g/mol. The number of hydrogen-bond donors (Lipinski definition) is 1. The maximum Gasteiger partial charge on any atom is 0.317 e. The number of nitrogens with zero attached hydrogens (tertiary/aromatic N) is 3. The molecule has 2 heterocycles. The molecule has 1 N–H and O–H groups in total. The first-order valence-corrected chi connectivity index (χ1v) is 7.49. The van der Waals surface area contributed by atoms with E-state index in [2.05, 4.69) is 20.3 Å². The molecule has 1 saturated carbocycles. The minimum atomic E-state index is -0.0932. The van der Waals surface area contributed by atoms with Gasteiger partial charge in [-0.05, 0) is 26.2 Å². The summed E-state index contributed by atoms with van der Waals surface area (Å²) in [6.07, 6.45) is 4.86. The van der Waals surface area contributed by atoms with Crippen LogP contribution < -0.4 is 5.32 Å². The van der Waals surface area contributed by atoms with E-state index in [1.54, 1.807) is 11.8 Å². The van der Waals surface area contributed by atoms with Crippen molar-refractivity contribution in [3.63, 3.8) is 0 Å². The van der Waals surface area contributed by atoms with Crippen LogP contribution in [0.3, 0.4) is 0 Å².